The fourth-order valence-corrected chi connectivity index (χ4v) is 1.44. The lowest BCUT2D eigenvalue weighted by atomic mass is 10.2. The maximum atomic E-state index is 13.3. The molecule has 0 spiro atoms. The van der Waals surface area contributed by atoms with Crippen LogP contribution in [0.5, 0.6) is 0 Å². The van der Waals surface area contributed by atoms with Crippen molar-refractivity contribution in [1.29, 1.82) is 0 Å². The van der Waals surface area contributed by atoms with Gasteiger partial charge in [-0.2, -0.15) is 4.68 Å². The van der Waals surface area contributed by atoms with Crippen LogP contribution in [0.15, 0.2) is 18.2 Å². The highest BCUT2D eigenvalue weighted by Crippen LogP contribution is 2.20. The lowest BCUT2D eigenvalue weighted by molar-refractivity contribution is 0.0691. The molecule has 0 aliphatic rings. The third-order valence-electron chi connectivity index (χ3n) is 2.37. The van der Waals surface area contributed by atoms with Gasteiger partial charge in [-0.05, 0) is 19.1 Å². The normalized spacial score (nSPS) is 10.5. The monoisotopic (exact) mass is 236 g/mol. The first-order valence-electron chi connectivity index (χ1n) is 4.72. The van der Waals surface area contributed by atoms with Gasteiger partial charge in [0.05, 0.1) is 5.69 Å². The molecule has 0 amide bonds. The van der Waals surface area contributed by atoms with Crippen LogP contribution in [0.3, 0.4) is 0 Å². The molecule has 2 rings (SSSR count). The molecule has 0 bridgehead atoms. The molecule has 0 saturated carbocycles. The van der Waals surface area contributed by atoms with Crippen LogP contribution in [0, 0.1) is 12.7 Å². The number of benzene rings is 1. The predicted octanol–water partition coefficient (Wildman–Crippen LogP) is 0.995. The predicted molar refractivity (Wildman–Crippen MR) is 57.4 cm³/mol. The Labute approximate surface area is 95.5 Å². The Morgan fingerprint density at radius 2 is 2.24 bits per heavy atom. The Hall–Kier alpha value is -2.44. The number of halogens is 1. The maximum absolute atomic E-state index is 13.3. The van der Waals surface area contributed by atoms with Crippen molar-refractivity contribution >= 4 is 11.8 Å². The molecule has 0 aliphatic carbocycles. The van der Waals surface area contributed by atoms with Crippen molar-refractivity contribution in [3.8, 4) is 5.69 Å². The van der Waals surface area contributed by atoms with Gasteiger partial charge in [0.2, 0.25) is 5.69 Å². The molecule has 88 valence electrons. The van der Waals surface area contributed by atoms with Gasteiger partial charge in [0.15, 0.2) is 5.82 Å². The van der Waals surface area contributed by atoms with Crippen molar-refractivity contribution in [2.45, 2.75) is 6.92 Å². The zero-order valence-corrected chi connectivity index (χ0v) is 8.88. The fraction of sp³-hybridized carbons (Fsp3) is 0.100. The molecule has 1 aromatic heterocycles. The molecule has 17 heavy (non-hydrogen) atoms. The number of nitrogens with two attached hydrogens (primary N) is 1. The second kappa shape index (κ2) is 3.85. The van der Waals surface area contributed by atoms with Crippen molar-refractivity contribution < 1.29 is 14.3 Å². The number of rotatable bonds is 2. The van der Waals surface area contributed by atoms with Gasteiger partial charge in [0, 0.05) is 5.56 Å². The standard InChI is InChI=1S/C10H9FN4O2/c1-5-6(11)3-2-4-7(5)15-9(12)8(10(16)17)13-14-15/h2-4H,12H2,1H3,(H,16,17). The summed E-state index contributed by atoms with van der Waals surface area (Å²) in [5.41, 5.74) is 5.92. The van der Waals surface area contributed by atoms with Crippen LogP contribution in [-0.4, -0.2) is 26.1 Å². The van der Waals surface area contributed by atoms with E-state index in [9.17, 15) is 9.18 Å². The van der Waals surface area contributed by atoms with Crippen molar-refractivity contribution in [3.05, 3.63) is 35.3 Å². The van der Waals surface area contributed by atoms with E-state index in [1.54, 1.807) is 13.0 Å². The largest absolute Gasteiger partial charge is 0.476 e. The number of nitrogen functional groups attached to an aromatic ring is 1. The SMILES string of the molecule is Cc1c(F)cccc1-n1nnc(C(=O)O)c1N. The minimum Gasteiger partial charge on any atom is -0.476 e. The summed E-state index contributed by atoms with van der Waals surface area (Å²) in [5, 5.41) is 15.8. The van der Waals surface area contributed by atoms with Crippen molar-refractivity contribution in [2.75, 3.05) is 5.73 Å². The van der Waals surface area contributed by atoms with E-state index in [2.05, 4.69) is 10.3 Å². The van der Waals surface area contributed by atoms with Crippen LogP contribution in [0.25, 0.3) is 5.69 Å². The van der Waals surface area contributed by atoms with E-state index in [0.717, 1.165) is 4.68 Å². The summed E-state index contributed by atoms with van der Waals surface area (Å²) in [5.74, 6) is -1.83. The molecule has 1 aromatic carbocycles. The summed E-state index contributed by atoms with van der Waals surface area (Å²) in [7, 11) is 0. The first-order valence-corrected chi connectivity index (χ1v) is 4.72. The summed E-state index contributed by atoms with van der Waals surface area (Å²) < 4.78 is 14.4. The Kier molecular flexibility index (Phi) is 2.51. The van der Waals surface area contributed by atoms with Crippen LogP contribution in [0.4, 0.5) is 10.2 Å². The number of carboxylic acid groups (broad SMARTS) is 1. The van der Waals surface area contributed by atoms with Crippen molar-refractivity contribution in [1.82, 2.24) is 15.0 Å². The van der Waals surface area contributed by atoms with E-state index in [-0.39, 0.29) is 11.5 Å². The summed E-state index contributed by atoms with van der Waals surface area (Å²) >= 11 is 0. The van der Waals surface area contributed by atoms with E-state index in [1.165, 1.54) is 12.1 Å². The van der Waals surface area contributed by atoms with Crippen molar-refractivity contribution in [2.24, 2.45) is 0 Å². The first-order chi connectivity index (χ1) is 8.02. The quantitative estimate of drug-likeness (QED) is 0.811. The van der Waals surface area contributed by atoms with Crippen LogP contribution in [0.2, 0.25) is 0 Å². The Morgan fingerprint density at radius 1 is 1.53 bits per heavy atom. The third kappa shape index (κ3) is 1.71. The molecule has 0 radical (unpaired) electrons. The van der Waals surface area contributed by atoms with Crippen LogP contribution in [-0.2, 0) is 0 Å². The first kappa shape index (κ1) is 11.1. The average molecular weight is 236 g/mol. The Bertz CT molecular complexity index is 594. The van der Waals surface area contributed by atoms with Gasteiger partial charge in [-0.3, -0.25) is 0 Å². The molecule has 0 aliphatic heterocycles. The number of anilines is 1. The summed E-state index contributed by atoms with van der Waals surface area (Å²) in [6.07, 6.45) is 0. The number of hydrogen-bond donors (Lipinski definition) is 2. The molecular formula is C10H9FN4O2. The van der Waals surface area contributed by atoms with Gasteiger partial charge in [-0.1, -0.05) is 11.3 Å². The van der Waals surface area contributed by atoms with E-state index in [1.807, 2.05) is 0 Å². The lowest BCUT2D eigenvalue weighted by Crippen LogP contribution is -2.07. The molecule has 7 heteroatoms. The second-order valence-electron chi connectivity index (χ2n) is 3.42. The van der Waals surface area contributed by atoms with Gasteiger partial charge in [-0.15, -0.1) is 5.10 Å². The minimum absolute atomic E-state index is 0.133. The molecular weight excluding hydrogens is 227 g/mol. The van der Waals surface area contributed by atoms with Crippen molar-refractivity contribution in [3.63, 3.8) is 0 Å². The van der Waals surface area contributed by atoms with E-state index >= 15 is 0 Å². The van der Waals surface area contributed by atoms with Gasteiger partial charge in [0.25, 0.3) is 0 Å². The molecule has 0 atom stereocenters. The highest BCUT2D eigenvalue weighted by atomic mass is 19.1. The van der Waals surface area contributed by atoms with E-state index in [4.69, 9.17) is 10.8 Å². The molecule has 2 aromatic rings. The number of carbonyl (C=O) groups is 1. The van der Waals surface area contributed by atoms with Gasteiger partial charge >= 0.3 is 5.97 Å². The van der Waals surface area contributed by atoms with Gasteiger partial charge in [-0.25, -0.2) is 9.18 Å². The molecule has 1 heterocycles. The number of aromatic carboxylic acids is 1. The zero-order chi connectivity index (χ0) is 12.6. The van der Waals surface area contributed by atoms with E-state index < -0.39 is 11.8 Å². The van der Waals surface area contributed by atoms with E-state index in [0.29, 0.717) is 11.3 Å². The summed E-state index contributed by atoms with van der Waals surface area (Å²) in [6.45, 7) is 1.55. The number of carboxylic acids is 1. The topological polar surface area (TPSA) is 94.0 Å². The molecule has 6 nitrogen and oxygen atoms in total. The number of hydrogen-bond acceptors (Lipinski definition) is 4. The Morgan fingerprint density at radius 3 is 2.82 bits per heavy atom. The second-order valence-corrected chi connectivity index (χ2v) is 3.42. The zero-order valence-electron chi connectivity index (χ0n) is 8.88. The molecule has 3 N–H and O–H groups in total. The summed E-state index contributed by atoms with van der Waals surface area (Å²) in [4.78, 5) is 10.7. The molecule has 0 unspecified atom stereocenters. The number of nitrogens with zero attached hydrogens (tertiary/aromatic N) is 3. The molecule has 0 saturated heterocycles. The van der Waals surface area contributed by atoms with Crippen LogP contribution in [0.1, 0.15) is 16.1 Å². The van der Waals surface area contributed by atoms with Gasteiger partial charge in [0.1, 0.15) is 5.82 Å². The fourth-order valence-electron chi connectivity index (χ4n) is 1.44. The number of aromatic nitrogens is 3. The Balaban J connectivity index is 2.62. The average Bonchev–Trinajstić information content (AvgIpc) is 2.64. The van der Waals surface area contributed by atoms with Gasteiger partial charge < -0.3 is 10.8 Å². The smallest absolute Gasteiger partial charge is 0.360 e. The third-order valence-corrected chi connectivity index (χ3v) is 2.37. The molecule has 0 fully saturated rings. The highest BCUT2D eigenvalue weighted by Gasteiger charge is 2.18. The minimum atomic E-state index is -1.28. The summed E-state index contributed by atoms with van der Waals surface area (Å²) in [6, 6.07) is 4.36. The highest BCUT2D eigenvalue weighted by molar-refractivity contribution is 5.90. The van der Waals surface area contributed by atoms with Crippen LogP contribution < -0.4 is 5.73 Å². The lowest BCUT2D eigenvalue weighted by Gasteiger charge is -2.06. The maximum Gasteiger partial charge on any atom is 0.360 e. The van der Waals surface area contributed by atoms with Crippen LogP contribution >= 0.6 is 0 Å².